The number of hydrogen-bond acceptors (Lipinski definition) is 1. The molecule has 0 unspecified atom stereocenters. The molecule has 1 aliphatic heterocycles. The predicted molar refractivity (Wildman–Crippen MR) is 56.9 cm³/mol. The Kier molecular flexibility index (Phi) is 3.29. The van der Waals surface area contributed by atoms with Gasteiger partial charge in [0.25, 0.3) is 0 Å². The summed E-state index contributed by atoms with van der Waals surface area (Å²) in [6.07, 6.45) is 1.18. The number of nitrogens with one attached hydrogen (secondary N) is 1. The molecular formula is C10H14BrN. The largest absolute Gasteiger partial charge is 0.310 e. The maximum atomic E-state index is 3.44. The van der Waals surface area contributed by atoms with Gasteiger partial charge in [0, 0.05) is 6.04 Å². The summed E-state index contributed by atoms with van der Waals surface area (Å²) in [5.41, 5.74) is 2.98. The van der Waals surface area contributed by atoms with E-state index in [2.05, 4.69) is 36.5 Å². The van der Waals surface area contributed by atoms with Gasteiger partial charge in [-0.3, -0.25) is 0 Å². The van der Waals surface area contributed by atoms with Gasteiger partial charge in [0.05, 0.1) is 0 Å². The van der Waals surface area contributed by atoms with Crippen molar-refractivity contribution < 1.29 is 0 Å². The molecule has 1 N–H and O–H groups in total. The second-order valence-electron chi connectivity index (χ2n) is 3.12. The average molecular weight is 228 g/mol. The van der Waals surface area contributed by atoms with Crippen molar-refractivity contribution in [2.75, 3.05) is 6.54 Å². The molecule has 0 bridgehead atoms. The Hall–Kier alpha value is -0.340. The zero-order chi connectivity index (χ0) is 7.68. The minimum atomic E-state index is 0. The smallest absolute Gasteiger partial charge is 0.0294 e. The van der Waals surface area contributed by atoms with Crippen LogP contribution >= 0.6 is 17.0 Å². The van der Waals surface area contributed by atoms with Crippen LogP contribution in [0.5, 0.6) is 0 Å². The molecule has 0 saturated carbocycles. The first-order valence-electron chi connectivity index (χ1n) is 4.19. The van der Waals surface area contributed by atoms with E-state index >= 15 is 0 Å². The van der Waals surface area contributed by atoms with Crippen molar-refractivity contribution in [2.24, 2.45) is 0 Å². The number of rotatable bonds is 0. The molecule has 0 aromatic heterocycles. The molecule has 1 atom stereocenters. The van der Waals surface area contributed by atoms with E-state index in [1.807, 2.05) is 0 Å². The first kappa shape index (κ1) is 9.75. The molecule has 1 aromatic rings. The average Bonchev–Trinajstić information content (AvgIpc) is 2.06. The van der Waals surface area contributed by atoms with Crippen molar-refractivity contribution in [1.82, 2.24) is 5.32 Å². The molecule has 1 aliphatic rings. The van der Waals surface area contributed by atoms with Gasteiger partial charge in [-0.25, -0.2) is 0 Å². The zero-order valence-corrected chi connectivity index (χ0v) is 8.92. The topological polar surface area (TPSA) is 12.0 Å². The highest BCUT2D eigenvalue weighted by molar-refractivity contribution is 8.93. The van der Waals surface area contributed by atoms with Gasteiger partial charge in [-0.1, -0.05) is 24.3 Å². The van der Waals surface area contributed by atoms with E-state index in [9.17, 15) is 0 Å². The first-order valence-corrected chi connectivity index (χ1v) is 4.19. The van der Waals surface area contributed by atoms with Gasteiger partial charge in [-0.05, 0) is 31.0 Å². The first-order chi connectivity index (χ1) is 5.38. The van der Waals surface area contributed by atoms with Gasteiger partial charge in [-0.2, -0.15) is 0 Å². The van der Waals surface area contributed by atoms with Crippen molar-refractivity contribution in [3.05, 3.63) is 35.4 Å². The van der Waals surface area contributed by atoms with Crippen LogP contribution in [0.15, 0.2) is 24.3 Å². The Bertz CT molecular complexity index is 260. The van der Waals surface area contributed by atoms with E-state index in [0.29, 0.717) is 6.04 Å². The highest BCUT2D eigenvalue weighted by atomic mass is 79.9. The zero-order valence-electron chi connectivity index (χ0n) is 7.21. The molecule has 0 aliphatic carbocycles. The van der Waals surface area contributed by atoms with Gasteiger partial charge in [0.1, 0.15) is 0 Å². The Labute approximate surface area is 83.9 Å². The third kappa shape index (κ3) is 1.70. The number of halogens is 1. The van der Waals surface area contributed by atoms with E-state index in [4.69, 9.17) is 0 Å². The SMILES string of the molecule is Br.C[C@@H]1NCCc2ccccc21. The maximum absolute atomic E-state index is 3.44. The van der Waals surface area contributed by atoms with Crippen LogP contribution in [0.25, 0.3) is 0 Å². The summed E-state index contributed by atoms with van der Waals surface area (Å²) in [4.78, 5) is 0. The van der Waals surface area contributed by atoms with Crippen LogP contribution in [0.4, 0.5) is 0 Å². The molecule has 2 rings (SSSR count). The molecule has 1 aromatic carbocycles. The second kappa shape index (κ2) is 4.06. The van der Waals surface area contributed by atoms with Crippen molar-refractivity contribution >= 4 is 17.0 Å². The van der Waals surface area contributed by atoms with Crippen molar-refractivity contribution in [1.29, 1.82) is 0 Å². The third-order valence-electron chi connectivity index (χ3n) is 2.37. The maximum Gasteiger partial charge on any atom is 0.0294 e. The monoisotopic (exact) mass is 227 g/mol. The fourth-order valence-electron chi connectivity index (χ4n) is 1.72. The van der Waals surface area contributed by atoms with E-state index < -0.39 is 0 Å². The molecular weight excluding hydrogens is 214 g/mol. The molecule has 0 spiro atoms. The number of hydrogen-bond donors (Lipinski definition) is 1. The van der Waals surface area contributed by atoms with Crippen LogP contribution in [0.3, 0.4) is 0 Å². The second-order valence-corrected chi connectivity index (χ2v) is 3.12. The highest BCUT2D eigenvalue weighted by Crippen LogP contribution is 2.21. The normalized spacial score (nSPS) is 20.9. The van der Waals surface area contributed by atoms with Crippen molar-refractivity contribution in [3.8, 4) is 0 Å². The van der Waals surface area contributed by atoms with Gasteiger partial charge in [0.15, 0.2) is 0 Å². The lowest BCUT2D eigenvalue weighted by Gasteiger charge is -2.23. The fourth-order valence-corrected chi connectivity index (χ4v) is 1.72. The van der Waals surface area contributed by atoms with E-state index in [1.54, 1.807) is 0 Å². The van der Waals surface area contributed by atoms with Gasteiger partial charge in [0.2, 0.25) is 0 Å². The standard InChI is InChI=1S/C10H13N.BrH/c1-8-10-5-3-2-4-9(10)6-7-11-8;/h2-5,8,11H,6-7H2,1H3;1H/t8-;/m0./s1. The fraction of sp³-hybridized carbons (Fsp3) is 0.400. The molecule has 1 heterocycles. The summed E-state index contributed by atoms with van der Waals surface area (Å²) in [6, 6.07) is 9.22. The molecule has 2 heteroatoms. The molecule has 0 fully saturated rings. The van der Waals surface area contributed by atoms with Crippen LogP contribution in [0.1, 0.15) is 24.1 Å². The molecule has 66 valence electrons. The Morgan fingerprint density at radius 2 is 2.08 bits per heavy atom. The van der Waals surface area contributed by atoms with Crippen molar-refractivity contribution in [3.63, 3.8) is 0 Å². The van der Waals surface area contributed by atoms with E-state index in [0.717, 1.165) is 6.54 Å². The predicted octanol–water partition coefficient (Wildman–Crippen LogP) is 2.47. The number of fused-ring (bicyclic) bond motifs is 1. The Morgan fingerprint density at radius 3 is 2.83 bits per heavy atom. The molecule has 0 saturated heterocycles. The van der Waals surface area contributed by atoms with Crippen LogP contribution < -0.4 is 5.32 Å². The third-order valence-corrected chi connectivity index (χ3v) is 2.37. The molecule has 0 radical (unpaired) electrons. The molecule has 0 amide bonds. The summed E-state index contributed by atoms with van der Waals surface area (Å²) in [6.45, 7) is 3.34. The van der Waals surface area contributed by atoms with Crippen LogP contribution in [-0.4, -0.2) is 6.54 Å². The van der Waals surface area contributed by atoms with Crippen LogP contribution in [-0.2, 0) is 6.42 Å². The minimum absolute atomic E-state index is 0. The number of benzene rings is 1. The van der Waals surface area contributed by atoms with Crippen LogP contribution in [0.2, 0.25) is 0 Å². The highest BCUT2D eigenvalue weighted by Gasteiger charge is 2.13. The van der Waals surface area contributed by atoms with Gasteiger partial charge in [-0.15, -0.1) is 17.0 Å². The van der Waals surface area contributed by atoms with Gasteiger partial charge < -0.3 is 5.32 Å². The van der Waals surface area contributed by atoms with Crippen molar-refractivity contribution in [2.45, 2.75) is 19.4 Å². The quantitative estimate of drug-likeness (QED) is 0.719. The summed E-state index contributed by atoms with van der Waals surface area (Å²) < 4.78 is 0. The lowest BCUT2D eigenvalue weighted by atomic mass is 9.96. The Morgan fingerprint density at radius 1 is 1.33 bits per heavy atom. The summed E-state index contributed by atoms with van der Waals surface area (Å²) >= 11 is 0. The lowest BCUT2D eigenvalue weighted by Crippen LogP contribution is -2.27. The van der Waals surface area contributed by atoms with Crippen LogP contribution in [0, 0.1) is 0 Å². The summed E-state index contributed by atoms with van der Waals surface area (Å²) in [7, 11) is 0. The lowest BCUT2D eigenvalue weighted by molar-refractivity contribution is 0.541. The van der Waals surface area contributed by atoms with E-state index in [1.165, 1.54) is 17.5 Å². The van der Waals surface area contributed by atoms with E-state index in [-0.39, 0.29) is 17.0 Å². The molecule has 12 heavy (non-hydrogen) atoms. The summed E-state index contributed by atoms with van der Waals surface area (Å²) in [5.74, 6) is 0. The Balaban J connectivity index is 0.000000720. The minimum Gasteiger partial charge on any atom is -0.310 e. The summed E-state index contributed by atoms with van der Waals surface area (Å²) in [5, 5.41) is 3.44. The molecule has 1 nitrogen and oxygen atoms in total. The van der Waals surface area contributed by atoms with Gasteiger partial charge >= 0.3 is 0 Å².